The van der Waals surface area contributed by atoms with Crippen molar-refractivity contribution in [3.8, 4) is 17.4 Å². The van der Waals surface area contributed by atoms with E-state index in [1.54, 1.807) is 32.3 Å². The summed E-state index contributed by atoms with van der Waals surface area (Å²) in [5, 5.41) is 16.5. The summed E-state index contributed by atoms with van der Waals surface area (Å²) in [5.74, 6) is 0.948. The highest BCUT2D eigenvalue weighted by atomic mass is 16.5. The van der Waals surface area contributed by atoms with Crippen LogP contribution in [-0.4, -0.2) is 46.2 Å². The van der Waals surface area contributed by atoms with Gasteiger partial charge in [0.25, 0.3) is 5.56 Å². The molecule has 1 atom stereocenters. The average molecular weight is 374 g/mol. The summed E-state index contributed by atoms with van der Waals surface area (Å²) in [5.41, 5.74) is 0.0938. The summed E-state index contributed by atoms with van der Waals surface area (Å²) in [6.45, 7) is 0. The van der Waals surface area contributed by atoms with E-state index >= 15 is 0 Å². The van der Waals surface area contributed by atoms with Crippen LogP contribution in [0.5, 0.6) is 17.4 Å². The van der Waals surface area contributed by atoms with Crippen LogP contribution >= 0.6 is 0 Å². The SMILES string of the molecule is COc1ccc(OC)c([C@H]2CC(c3c(O)n(C)c(=O)n(C)c3=O)=NN2C)c1. The molecule has 9 heteroatoms. The van der Waals surface area contributed by atoms with Crippen molar-refractivity contribution in [2.24, 2.45) is 19.2 Å². The summed E-state index contributed by atoms with van der Waals surface area (Å²) in [6.07, 6.45) is 0.362. The van der Waals surface area contributed by atoms with Crippen molar-refractivity contribution in [3.63, 3.8) is 0 Å². The first-order chi connectivity index (χ1) is 12.8. The van der Waals surface area contributed by atoms with Gasteiger partial charge in [-0.25, -0.2) is 4.79 Å². The van der Waals surface area contributed by atoms with Gasteiger partial charge in [-0.3, -0.25) is 18.9 Å². The highest BCUT2D eigenvalue weighted by Gasteiger charge is 2.32. The lowest BCUT2D eigenvalue weighted by atomic mass is 9.98. The van der Waals surface area contributed by atoms with Crippen molar-refractivity contribution in [2.45, 2.75) is 12.5 Å². The lowest BCUT2D eigenvalue weighted by molar-refractivity contribution is 0.279. The van der Waals surface area contributed by atoms with Crippen molar-refractivity contribution in [1.82, 2.24) is 14.1 Å². The van der Waals surface area contributed by atoms with Crippen LogP contribution in [0.2, 0.25) is 0 Å². The Morgan fingerprint density at radius 3 is 2.44 bits per heavy atom. The van der Waals surface area contributed by atoms with Crippen molar-refractivity contribution >= 4 is 5.71 Å². The molecule has 0 spiro atoms. The quantitative estimate of drug-likeness (QED) is 0.841. The minimum atomic E-state index is -0.598. The Hall–Kier alpha value is -3.23. The highest BCUT2D eigenvalue weighted by molar-refractivity contribution is 6.03. The molecule has 0 saturated heterocycles. The second-order valence-corrected chi connectivity index (χ2v) is 6.35. The fourth-order valence-corrected chi connectivity index (χ4v) is 3.27. The maximum Gasteiger partial charge on any atom is 0.333 e. The summed E-state index contributed by atoms with van der Waals surface area (Å²) in [4.78, 5) is 24.5. The number of hydrogen-bond acceptors (Lipinski definition) is 7. The van der Waals surface area contributed by atoms with E-state index in [1.807, 2.05) is 12.1 Å². The van der Waals surface area contributed by atoms with Crippen LogP contribution in [0, 0.1) is 0 Å². The smallest absolute Gasteiger partial charge is 0.333 e. The van der Waals surface area contributed by atoms with Gasteiger partial charge in [0.1, 0.15) is 17.1 Å². The van der Waals surface area contributed by atoms with E-state index in [9.17, 15) is 14.7 Å². The zero-order valence-electron chi connectivity index (χ0n) is 15.9. The van der Waals surface area contributed by atoms with E-state index < -0.39 is 17.1 Å². The molecule has 0 fully saturated rings. The zero-order chi connectivity index (χ0) is 19.9. The largest absolute Gasteiger partial charge is 0.497 e. The van der Waals surface area contributed by atoms with Gasteiger partial charge in [0, 0.05) is 33.1 Å². The maximum atomic E-state index is 12.6. The average Bonchev–Trinajstić information content (AvgIpc) is 3.05. The minimum Gasteiger partial charge on any atom is -0.497 e. The van der Waals surface area contributed by atoms with E-state index in [0.717, 1.165) is 14.7 Å². The topological polar surface area (TPSA) is 98.3 Å². The standard InChI is InChI=1S/C18H22N4O5/c1-20-16(23)15(17(24)21(2)18(20)25)12-9-13(22(3)19-12)11-8-10(26-4)6-7-14(11)27-5/h6-8,13,23H,9H2,1-5H3/t13-/m1/s1. The second-order valence-electron chi connectivity index (χ2n) is 6.35. The number of hydrazone groups is 1. The fraction of sp³-hybridized carbons (Fsp3) is 0.389. The number of rotatable bonds is 4. The first-order valence-electron chi connectivity index (χ1n) is 8.31. The first-order valence-corrected chi connectivity index (χ1v) is 8.31. The number of aromatic nitrogens is 2. The molecule has 0 unspecified atom stereocenters. The Morgan fingerprint density at radius 1 is 1.11 bits per heavy atom. The number of methoxy groups -OCH3 is 2. The lowest BCUT2D eigenvalue weighted by Crippen LogP contribution is -2.39. The van der Waals surface area contributed by atoms with Gasteiger partial charge >= 0.3 is 5.69 Å². The van der Waals surface area contributed by atoms with Crippen molar-refractivity contribution in [3.05, 3.63) is 50.2 Å². The van der Waals surface area contributed by atoms with Crippen LogP contribution in [0.1, 0.15) is 23.6 Å². The van der Waals surface area contributed by atoms with Crippen LogP contribution in [0.25, 0.3) is 0 Å². The molecule has 0 amide bonds. The Morgan fingerprint density at radius 2 is 1.81 bits per heavy atom. The van der Waals surface area contributed by atoms with Gasteiger partial charge in [-0.05, 0) is 18.2 Å². The molecule has 1 N–H and O–H groups in total. The van der Waals surface area contributed by atoms with Gasteiger partial charge in [-0.15, -0.1) is 0 Å². The number of aromatic hydroxyl groups is 1. The predicted octanol–water partition coefficient (Wildman–Crippen LogP) is 0.588. The summed E-state index contributed by atoms with van der Waals surface area (Å²) < 4.78 is 12.7. The lowest BCUT2D eigenvalue weighted by Gasteiger charge is -2.21. The molecule has 0 bridgehead atoms. The summed E-state index contributed by atoms with van der Waals surface area (Å²) in [6, 6.07) is 5.25. The molecule has 0 aliphatic carbocycles. The van der Waals surface area contributed by atoms with Gasteiger partial charge in [0.15, 0.2) is 0 Å². The van der Waals surface area contributed by atoms with E-state index in [-0.39, 0.29) is 11.6 Å². The molecule has 144 valence electrons. The molecular formula is C18H22N4O5. The molecule has 0 radical (unpaired) electrons. The van der Waals surface area contributed by atoms with E-state index in [4.69, 9.17) is 9.47 Å². The number of hydrogen-bond donors (Lipinski definition) is 1. The molecule has 27 heavy (non-hydrogen) atoms. The normalized spacial score (nSPS) is 16.4. The van der Waals surface area contributed by atoms with Gasteiger partial charge in [0.2, 0.25) is 5.88 Å². The van der Waals surface area contributed by atoms with Crippen molar-refractivity contribution in [1.29, 1.82) is 0 Å². The van der Waals surface area contributed by atoms with Gasteiger partial charge < -0.3 is 14.6 Å². The van der Waals surface area contributed by atoms with Gasteiger partial charge in [-0.2, -0.15) is 5.10 Å². The molecule has 2 heterocycles. The molecule has 1 aromatic heterocycles. The van der Waals surface area contributed by atoms with Crippen LogP contribution in [0.3, 0.4) is 0 Å². The monoisotopic (exact) mass is 374 g/mol. The molecule has 2 aromatic rings. The molecule has 0 saturated carbocycles. The number of ether oxygens (including phenoxy) is 2. The third-order valence-electron chi connectivity index (χ3n) is 4.83. The maximum absolute atomic E-state index is 12.6. The Bertz CT molecular complexity index is 1040. The third-order valence-corrected chi connectivity index (χ3v) is 4.83. The zero-order valence-corrected chi connectivity index (χ0v) is 15.9. The minimum absolute atomic E-state index is 0.0239. The van der Waals surface area contributed by atoms with E-state index in [0.29, 0.717) is 23.6 Å². The van der Waals surface area contributed by atoms with Crippen molar-refractivity contribution < 1.29 is 14.6 Å². The highest BCUT2D eigenvalue weighted by Crippen LogP contribution is 2.38. The van der Waals surface area contributed by atoms with Crippen molar-refractivity contribution in [2.75, 3.05) is 21.3 Å². The van der Waals surface area contributed by atoms with Crippen LogP contribution in [0.4, 0.5) is 0 Å². The fourth-order valence-electron chi connectivity index (χ4n) is 3.27. The predicted molar refractivity (Wildman–Crippen MR) is 99.8 cm³/mol. The number of nitrogens with zero attached hydrogens (tertiary/aromatic N) is 4. The second kappa shape index (κ2) is 6.82. The van der Waals surface area contributed by atoms with Gasteiger partial charge in [0.05, 0.1) is 26.0 Å². The van der Waals surface area contributed by atoms with E-state index in [2.05, 4.69) is 5.10 Å². The van der Waals surface area contributed by atoms with Crippen LogP contribution < -0.4 is 20.7 Å². The Balaban J connectivity index is 2.07. The molecule has 1 aliphatic rings. The summed E-state index contributed by atoms with van der Waals surface area (Å²) >= 11 is 0. The molecule has 9 nitrogen and oxygen atoms in total. The summed E-state index contributed by atoms with van der Waals surface area (Å²) in [7, 11) is 7.71. The Labute approximate surface area is 155 Å². The molecule has 1 aromatic carbocycles. The van der Waals surface area contributed by atoms with E-state index in [1.165, 1.54) is 14.1 Å². The molecular weight excluding hydrogens is 352 g/mol. The van der Waals surface area contributed by atoms with Crippen LogP contribution in [0.15, 0.2) is 32.9 Å². The molecule has 3 rings (SSSR count). The first kappa shape index (κ1) is 18.6. The molecule has 1 aliphatic heterocycles. The Kier molecular flexibility index (Phi) is 4.69. The number of benzene rings is 1. The van der Waals surface area contributed by atoms with Crippen LogP contribution in [-0.2, 0) is 14.1 Å². The van der Waals surface area contributed by atoms with Gasteiger partial charge in [-0.1, -0.05) is 0 Å². The third kappa shape index (κ3) is 2.94.